The van der Waals surface area contributed by atoms with Gasteiger partial charge in [-0.2, -0.15) is 0 Å². The number of rotatable bonds is 4. The van der Waals surface area contributed by atoms with Crippen LogP contribution in [0.3, 0.4) is 0 Å². The molecule has 2 aromatic rings. The summed E-state index contributed by atoms with van der Waals surface area (Å²) in [5.41, 5.74) is 7.26. The molecule has 3 N–H and O–H groups in total. The van der Waals surface area contributed by atoms with Gasteiger partial charge in [0, 0.05) is 25.0 Å². The van der Waals surface area contributed by atoms with Crippen LogP contribution in [-0.2, 0) is 6.54 Å². The first-order valence-corrected chi connectivity index (χ1v) is 6.28. The highest BCUT2D eigenvalue weighted by Crippen LogP contribution is 2.31. The Balaban J connectivity index is 2.07. The first kappa shape index (κ1) is 13.1. The average Bonchev–Trinajstić information content (AvgIpc) is 2.78. The number of anilines is 2. The highest BCUT2D eigenvalue weighted by Gasteiger charge is 2.08. The average molecular weight is 285 g/mol. The Bertz CT molecular complexity index is 525. The van der Waals surface area contributed by atoms with E-state index in [4.69, 9.17) is 28.9 Å². The quantitative estimate of drug-likeness (QED) is 0.848. The minimum absolute atomic E-state index is 0.193. The highest BCUT2D eigenvalue weighted by molar-refractivity contribution is 6.42. The molecule has 18 heavy (non-hydrogen) atoms. The van der Waals surface area contributed by atoms with Gasteiger partial charge in [0.25, 0.3) is 0 Å². The van der Waals surface area contributed by atoms with E-state index in [-0.39, 0.29) is 6.04 Å². The third-order valence-corrected chi connectivity index (χ3v) is 3.26. The first-order chi connectivity index (χ1) is 8.56. The van der Waals surface area contributed by atoms with Gasteiger partial charge in [-0.05, 0) is 19.1 Å². The van der Waals surface area contributed by atoms with Crippen LogP contribution in [-0.4, -0.2) is 15.6 Å². The van der Waals surface area contributed by atoms with Crippen LogP contribution in [0.25, 0.3) is 0 Å². The number of nitrogens with zero attached hydrogens (tertiary/aromatic N) is 2. The maximum atomic E-state index is 5.97. The van der Waals surface area contributed by atoms with Crippen molar-refractivity contribution in [2.24, 2.45) is 0 Å². The lowest BCUT2D eigenvalue weighted by Gasteiger charge is -2.17. The molecule has 0 radical (unpaired) electrons. The van der Waals surface area contributed by atoms with E-state index in [0.29, 0.717) is 15.7 Å². The van der Waals surface area contributed by atoms with Crippen molar-refractivity contribution < 1.29 is 0 Å². The summed E-state index contributed by atoms with van der Waals surface area (Å²) in [6.07, 6.45) is 5.44. The molecule has 1 aromatic heterocycles. The molecule has 4 nitrogen and oxygen atoms in total. The molecule has 96 valence electrons. The largest absolute Gasteiger partial charge is 0.397 e. The van der Waals surface area contributed by atoms with Gasteiger partial charge in [-0.15, -0.1) is 0 Å². The van der Waals surface area contributed by atoms with Crippen LogP contribution in [0.4, 0.5) is 11.4 Å². The number of benzene rings is 1. The van der Waals surface area contributed by atoms with Gasteiger partial charge in [0.15, 0.2) is 0 Å². The zero-order chi connectivity index (χ0) is 13.1. The van der Waals surface area contributed by atoms with Crippen LogP contribution in [0.5, 0.6) is 0 Å². The van der Waals surface area contributed by atoms with Crippen molar-refractivity contribution in [1.29, 1.82) is 0 Å². The second kappa shape index (κ2) is 5.50. The van der Waals surface area contributed by atoms with Crippen molar-refractivity contribution in [2.75, 3.05) is 11.1 Å². The Hall–Kier alpha value is -1.39. The molecule has 0 amide bonds. The zero-order valence-electron chi connectivity index (χ0n) is 9.90. The van der Waals surface area contributed by atoms with Crippen LogP contribution < -0.4 is 11.1 Å². The smallest absolute Gasteiger partial charge is 0.0946 e. The molecule has 6 heteroatoms. The normalized spacial score (nSPS) is 12.4. The number of hydrogen-bond donors (Lipinski definition) is 2. The number of halogens is 2. The molecule has 1 unspecified atom stereocenters. The molecule has 1 heterocycles. The van der Waals surface area contributed by atoms with E-state index in [1.807, 2.05) is 10.8 Å². The number of nitrogens with two attached hydrogens (primary N) is 1. The van der Waals surface area contributed by atoms with Crippen molar-refractivity contribution in [2.45, 2.75) is 19.5 Å². The van der Waals surface area contributed by atoms with Crippen molar-refractivity contribution >= 4 is 34.6 Å². The van der Waals surface area contributed by atoms with Crippen LogP contribution in [0.1, 0.15) is 6.92 Å². The summed E-state index contributed by atoms with van der Waals surface area (Å²) in [5.74, 6) is 0. The third kappa shape index (κ3) is 3.09. The molecule has 0 aliphatic carbocycles. The number of imidazole rings is 1. The highest BCUT2D eigenvalue weighted by atomic mass is 35.5. The number of aromatic nitrogens is 2. The molecule has 1 atom stereocenters. The Labute approximate surface area is 116 Å². The number of nitrogen functional groups attached to an aromatic ring is 1. The van der Waals surface area contributed by atoms with Crippen molar-refractivity contribution in [3.63, 3.8) is 0 Å². The second-order valence-corrected chi connectivity index (χ2v) is 4.97. The lowest BCUT2D eigenvalue weighted by molar-refractivity contribution is 0.619. The Morgan fingerprint density at radius 3 is 2.78 bits per heavy atom. The standard InChI is InChI=1S/C12H14Cl2N4/c1-8(6-18-3-2-16-7-18)17-12-5-10(14)9(13)4-11(12)15/h2-5,7-8,17H,6,15H2,1H3. The maximum Gasteiger partial charge on any atom is 0.0946 e. The zero-order valence-corrected chi connectivity index (χ0v) is 11.4. The van der Waals surface area contributed by atoms with E-state index in [2.05, 4.69) is 17.2 Å². The fourth-order valence-corrected chi connectivity index (χ4v) is 2.05. The van der Waals surface area contributed by atoms with Gasteiger partial charge in [-0.1, -0.05) is 23.2 Å². The van der Waals surface area contributed by atoms with Gasteiger partial charge < -0.3 is 15.6 Å². The topological polar surface area (TPSA) is 55.9 Å². The molecule has 0 bridgehead atoms. The van der Waals surface area contributed by atoms with Gasteiger partial charge >= 0.3 is 0 Å². The Kier molecular flexibility index (Phi) is 3.99. The van der Waals surface area contributed by atoms with Crippen LogP contribution >= 0.6 is 23.2 Å². The van der Waals surface area contributed by atoms with Crippen molar-refractivity contribution in [3.8, 4) is 0 Å². The van der Waals surface area contributed by atoms with Crippen LogP contribution in [0, 0.1) is 0 Å². The monoisotopic (exact) mass is 284 g/mol. The van der Waals surface area contributed by atoms with Crippen LogP contribution in [0.2, 0.25) is 10.0 Å². The van der Waals surface area contributed by atoms with E-state index in [1.165, 1.54) is 0 Å². The van der Waals surface area contributed by atoms with Crippen LogP contribution in [0.15, 0.2) is 30.9 Å². The molecule has 0 aliphatic rings. The van der Waals surface area contributed by atoms with E-state index in [0.717, 1.165) is 12.2 Å². The molecule has 0 spiro atoms. The van der Waals surface area contributed by atoms with Gasteiger partial charge in [0.1, 0.15) is 0 Å². The summed E-state index contributed by atoms with van der Waals surface area (Å²) >= 11 is 11.9. The predicted molar refractivity (Wildman–Crippen MR) is 76.2 cm³/mol. The lowest BCUT2D eigenvalue weighted by Crippen LogP contribution is -2.21. The number of hydrogen-bond acceptors (Lipinski definition) is 3. The Morgan fingerprint density at radius 1 is 1.39 bits per heavy atom. The fraction of sp³-hybridized carbons (Fsp3) is 0.250. The molecule has 0 saturated carbocycles. The number of nitrogens with one attached hydrogen (secondary N) is 1. The summed E-state index contributed by atoms with van der Waals surface area (Å²) in [4.78, 5) is 4.00. The van der Waals surface area contributed by atoms with Gasteiger partial charge in [0.2, 0.25) is 0 Å². The first-order valence-electron chi connectivity index (χ1n) is 5.53. The molecular weight excluding hydrogens is 271 g/mol. The third-order valence-electron chi connectivity index (χ3n) is 2.54. The molecule has 0 aliphatic heterocycles. The summed E-state index contributed by atoms with van der Waals surface area (Å²) in [6, 6.07) is 3.58. The minimum atomic E-state index is 0.193. The molecule has 0 fully saturated rings. The molecule has 1 aromatic carbocycles. The summed E-state index contributed by atoms with van der Waals surface area (Å²) in [6.45, 7) is 2.85. The molecule has 2 rings (SSSR count). The van der Waals surface area contributed by atoms with Gasteiger partial charge in [-0.25, -0.2) is 4.98 Å². The summed E-state index contributed by atoms with van der Waals surface area (Å²) in [5, 5.41) is 4.25. The molecule has 0 saturated heterocycles. The van der Waals surface area contributed by atoms with Gasteiger partial charge in [0.05, 0.1) is 27.7 Å². The summed E-state index contributed by atoms with van der Waals surface area (Å²) in [7, 11) is 0. The second-order valence-electron chi connectivity index (χ2n) is 4.16. The minimum Gasteiger partial charge on any atom is -0.397 e. The van der Waals surface area contributed by atoms with Crippen molar-refractivity contribution in [3.05, 3.63) is 40.9 Å². The SMILES string of the molecule is CC(Cn1ccnc1)Nc1cc(Cl)c(Cl)cc1N. The van der Waals surface area contributed by atoms with E-state index in [9.17, 15) is 0 Å². The lowest BCUT2D eigenvalue weighted by atomic mass is 10.2. The van der Waals surface area contributed by atoms with E-state index >= 15 is 0 Å². The molecular formula is C12H14Cl2N4. The van der Waals surface area contributed by atoms with Gasteiger partial charge in [-0.3, -0.25) is 0 Å². The Morgan fingerprint density at radius 2 is 2.11 bits per heavy atom. The van der Waals surface area contributed by atoms with Crippen molar-refractivity contribution in [1.82, 2.24) is 9.55 Å². The summed E-state index contributed by atoms with van der Waals surface area (Å²) < 4.78 is 1.99. The van der Waals surface area contributed by atoms with E-state index in [1.54, 1.807) is 24.7 Å². The fourth-order valence-electron chi connectivity index (χ4n) is 1.71. The van der Waals surface area contributed by atoms with E-state index < -0.39 is 0 Å². The maximum absolute atomic E-state index is 5.97. The predicted octanol–water partition coefficient (Wildman–Crippen LogP) is 3.27.